The van der Waals surface area contributed by atoms with E-state index < -0.39 is 43.4 Å². The maximum atomic E-state index is 11.9. The third-order valence-corrected chi connectivity index (χ3v) is 4.03. The summed E-state index contributed by atoms with van der Waals surface area (Å²) in [6, 6.07) is 0. The van der Waals surface area contributed by atoms with Crippen molar-refractivity contribution in [3.8, 4) is 0 Å². The fourth-order valence-electron chi connectivity index (χ4n) is 2.59. The summed E-state index contributed by atoms with van der Waals surface area (Å²) in [4.78, 5) is 13.3. The number of aliphatic hydroxyl groups excluding tert-OH is 4. The molecule has 0 bridgehead atoms. The number of nitrogens with zero attached hydrogens (tertiary/aromatic N) is 3. The highest BCUT2D eigenvalue weighted by Crippen LogP contribution is 2.22. The van der Waals surface area contributed by atoms with E-state index in [2.05, 4.69) is 10.6 Å². The monoisotopic (exact) mass is 377 g/mol. The Morgan fingerprint density at radius 3 is 2.73 bits per heavy atom. The predicted octanol–water partition coefficient (Wildman–Crippen LogP) is -3.72. The molecule has 1 aromatic heterocycles. The smallest absolute Gasteiger partial charge is 0.416 e. The van der Waals surface area contributed by atoms with E-state index in [4.69, 9.17) is 23.8 Å². The first-order valence-electron chi connectivity index (χ1n) is 7.99. The summed E-state index contributed by atoms with van der Waals surface area (Å²) in [7, 11) is 0. The van der Waals surface area contributed by atoms with Gasteiger partial charge in [-0.3, -0.25) is 9.84 Å². The zero-order valence-electron chi connectivity index (χ0n) is 13.7. The second kappa shape index (κ2) is 8.11. The Bertz CT molecular complexity index is 606. The Hall–Kier alpha value is -2.03. The lowest BCUT2D eigenvalue weighted by molar-refractivity contribution is -0.759. The molecule has 2 saturated heterocycles. The van der Waals surface area contributed by atoms with Gasteiger partial charge in [0.25, 0.3) is 6.20 Å². The third kappa shape index (κ3) is 4.03. The Labute approximate surface area is 147 Å². The molecule has 3 heterocycles. The number of morpholine rings is 1. The van der Waals surface area contributed by atoms with Gasteiger partial charge in [-0.1, -0.05) is 0 Å². The first-order chi connectivity index (χ1) is 12.5. The molecule has 2 aliphatic heterocycles. The van der Waals surface area contributed by atoms with Crippen LogP contribution in [0.1, 0.15) is 0 Å². The number of nitrogens with one attached hydrogen (secondary N) is 1. The molecule has 2 aliphatic rings. The summed E-state index contributed by atoms with van der Waals surface area (Å²) in [5.74, 6) is -0.0221. The van der Waals surface area contributed by atoms with Gasteiger partial charge in [-0.25, -0.2) is 4.79 Å². The Kier molecular flexibility index (Phi) is 5.85. The largest absolute Gasteiger partial charge is 0.416 e. The van der Waals surface area contributed by atoms with Crippen LogP contribution >= 0.6 is 0 Å². The lowest BCUT2D eigenvalue weighted by atomic mass is 9.99. The van der Waals surface area contributed by atoms with E-state index in [1.807, 2.05) is 5.01 Å². The van der Waals surface area contributed by atoms with Gasteiger partial charge in [0.2, 0.25) is 11.6 Å². The fourth-order valence-corrected chi connectivity index (χ4v) is 2.59. The Balaban J connectivity index is 1.56. The van der Waals surface area contributed by atoms with Crippen LogP contribution in [0.5, 0.6) is 0 Å². The van der Waals surface area contributed by atoms with E-state index in [9.17, 15) is 20.1 Å². The van der Waals surface area contributed by atoms with Crippen LogP contribution < -0.4 is 15.1 Å². The van der Waals surface area contributed by atoms with Gasteiger partial charge >= 0.3 is 12.0 Å². The van der Waals surface area contributed by atoms with Crippen molar-refractivity contribution in [1.82, 2.24) is 5.27 Å². The van der Waals surface area contributed by atoms with Gasteiger partial charge in [0.05, 0.1) is 37.7 Å². The number of carbonyl (C=O) groups is 1. The normalized spacial score (nSPS) is 32.3. The van der Waals surface area contributed by atoms with Crippen molar-refractivity contribution < 1.29 is 48.7 Å². The first kappa shape index (κ1) is 18.8. The lowest BCUT2D eigenvalue weighted by Gasteiger charge is -2.38. The van der Waals surface area contributed by atoms with E-state index in [-0.39, 0.29) is 5.88 Å². The van der Waals surface area contributed by atoms with Crippen LogP contribution in [0, 0.1) is 0 Å². The van der Waals surface area contributed by atoms with Crippen molar-refractivity contribution in [1.29, 1.82) is 0 Å². The summed E-state index contributed by atoms with van der Waals surface area (Å²) in [6.07, 6.45) is -7.27. The van der Waals surface area contributed by atoms with Crippen molar-refractivity contribution >= 4 is 12.0 Å². The van der Waals surface area contributed by atoms with E-state index in [0.717, 1.165) is 0 Å². The van der Waals surface area contributed by atoms with Crippen LogP contribution in [0.15, 0.2) is 10.7 Å². The number of hydrogen-bond acceptors (Lipinski definition) is 11. The number of ether oxygens (including phenoxy) is 3. The minimum atomic E-state index is -1.69. The highest BCUT2D eigenvalue weighted by molar-refractivity contribution is 5.82. The topological polar surface area (TPSA) is 171 Å². The molecule has 5 atom stereocenters. The molecule has 3 rings (SSSR count). The molecule has 1 amide bonds. The summed E-state index contributed by atoms with van der Waals surface area (Å²) in [5, 5.41) is 46.1. The Morgan fingerprint density at radius 2 is 2.04 bits per heavy atom. The summed E-state index contributed by atoms with van der Waals surface area (Å²) >= 11 is 0. The van der Waals surface area contributed by atoms with E-state index in [1.165, 1.54) is 11.0 Å². The van der Waals surface area contributed by atoms with Gasteiger partial charge in [0.15, 0.2) is 0 Å². The minimum absolute atomic E-state index is 0.0221. The molecule has 0 aromatic carbocycles. The highest BCUT2D eigenvalue weighted by atomic mass is 16.7. The molecule has 5 N–H and O–H groups in total. The first-order valence-corrected chi connectivity index (χ1v) is 7.99. The molecule has 13 heteroatoms. The molecule has 0 spiro atoms. The van der Waals surface area contributed by atoms with Crippen molar-refractivity contribution in [2.24, 2.45) is 0 Å². The van der Waals surface area contributed by atoms with Crippen molar-refractivity contribution in [3.63, 3.8) is 0 Å². The molecule has 1 aromatic rings. The molecule has 13 nitrogen and oxygen atoms in total. The number of rotatable bonds is 4. The zero-order chi connectivity index (χ0) is 18.7. The molecule has 146 valence electrons. The van der Waals surface area contributed by atoms with Crippen LogP contribution in [0.2, 0.25) is 0 Å². The summed E-state index contributed by atoms with van der Waals surface area (Å²) < 4.78 is 20.1. The average molecular weight is 377 g/mol. The van der Waals surface area contributed by atoms with Crippen molar-refractivity contribution in [2.45, 2.75) is 30.7 Å². The quantitative estimate of drug-likeness (QED) is 0.327. The van der Waals surface area contributed by atoms with Crippen molar-refractivity contribution in [3.05, 3.63) is 6.20 Å². The van der Waals surface area contributed by atoms with Crippen LogP contribution in [-0.2, 0) is 14.2 Å². The van der Waals surface area contributed by atoms with Gasteiger partial charge in [-0.15, -0.1) is 5.01 Å². The van der Waals surface area contributed by atoms with Crippen LogP contribution in [-0.4, -0.2) is 95.4 Å². The minimum Gasteiger partial charge on any atom is -0.416 e. The van der Waals surface area contributed by atoms with Gasteiger partial charge in [0.1, 0.15) is 24.4 Å². The molecule has 2 fully saturated rings. The van der Waals surface area contributed by atoms with Gasteiger partial charge in [0, 0.05) is 0 Å². The average Bonchev–Trinajstić information content (AvgIpc) is 3.11. The summed E-state index contributed by atoms with van der Waals surface area (Å²) in [6.45, 7) is 1.66. The predicted molar refractivity (Wildman–Crippen MR) is 79.3 cm³/mol. The third-order valence-electron chi connectivity index (χ3n) is 4.03. The lowest BCUT2D eigenvalue weighted by Crippen LogP contribution is -2.62. The molecule has 0 saturated carbocycles. The number of hydrogen-bond donors (Lipinski definition) is 5. The molecular weight excluding hydrogens is 356 g/mol. The van der Waals surface area contributed by atoms with Crippen LogP contribution in [0.25, 0.3) is 0 Å². The second-order valence-corrected chi connectivity index (χ2v) is 5.78. The maximum Gasteiger partial charge on any atom is 0.416 e. The van der Waals surface area contributed by atoms with Crippen LogP contribution in [0.4, 0.5) is 10.7 Å². The summed E-state index contributed by atoms with van der Waals surface area (Å²) in [5.41, 5.74) is 0. The molecule has 0 aliphatic carbocycles. The molecule has 0 radical (unpaired) electrons. The molecular formula is C13H21N4O9+. The van der Waals surface area contributed by atoms with Gasteiger partial charge in [-0.05, 0) is 0 Å². The van der Waals surface area contributed by atoms with Crippen molar-refractivity contribution in [2.75, 3.05) is 43.2 Å². The molecule has 26 heavy (non-hydrogen) atoms. The molecule has 0 unspecified atom stereocenters. The maximum absolute atomic E-state index is 11.9. The van der Waals surface area contributed by atoms with E-state index >= 15 is 0 Å². The fraction of sp³-hybridized carbons (Fsp3) is 0.769. The van der Waals surface area contributed by atoms with E-state index in [0.29, 0.717) is 26.3 Å². The number of anilines is 1. The van der Waals surface area contributed by atoms with Gasteiger partial charge < -0.3 is 34.6 Å². The second-order valence-electron chi connectivity index (χ2n) is 5.78. The van der Waals surface area contributed by atoms with Gasteiger partial charge in [-0.2, -0.15) is 0 Å². The SMILES string of the molecule is O=C(Nc1c[n+](N2CCOCC2)no1)O[C@H]1O[C@H](CO)[C@@H](O)[C@H](O)[C@H]1O. The Morgan fingerprint density at radius 1 is 1.31 bits per heavy atom. The number of carbonyl (C=O) groups excluding carboxylic acids is 1. The zero-order valence-corrected chi connectivity index (χ0v) is 13.7. The standard InChI is InChI=1S/C13H20N4O9/c18-6-7-9(19)10(20)11(21)12(24-7)25-13(22)14-8-5-17(15-26-8)16-1-3-23-4-2-16/h5,7,9-12,18-21H,1-4,6H2/p+1/t7-,9-,10+,11-,12-/m1/s1. The highest BCUT2D eigenvalue weighted by Gasteiger charge is 2.45. The number of amides is 1. The van der Waals surface area contributed by atoms with E-state index in [1.54, 1.807) is 0 Å². The number of aromatic nitrogens is 2. The van der Waals surface area contributed by atoms with Crippen LogP contribution in [0.3, 0.4) is 0 Å². The number of aliphatic hydroxyl groups is 4.